The van der Waals surface area contributed by atoms with Crippen LogP contribution in [0.5, 0.6) is 0 Å². The largest absolute Gasteiger partial charge is 0.326 e. The minimum atomic E-state index is 0.229. The average molecular weight is 351 g/mol. The van der Waals surface area contributed by atoms with Crippen molar-refractivity contribution in [2.75, 3.05) is 6.54 Å². The quantitative estimate of drug-likeness (QED) is 0.574. The van der Waals surface area contributed by atoms with E-state index in [9.17, 15) is 4.79 Å². The summed E-state index contributed by atoms with van der Waals surface area (Å²) in [6.45, 7) is 0.284. The number of rotatable bonds is 4. The van der Waals surface area contributed by atoms with E-state index in [1.165, 1.54) is 38.5 Å². The third-order valence-electron chi connectivity index (χ3n) is 6.19. The maximum absolute atomic E-state index is 12.8. The van der Waals surface area contributed by atoms with Gasteiger partial charge in [0.25, 0.3) is 0 Å². The van der Waals surface area contributed by atoms with Crippen molar-refractivity contribution in [3.63, 3.8) is 0 Å². The molecule has 5 saturated carbocycles. The molecule has 114 valence electrons. The van der Waals surface area contributed by atoms with E-state index < -0.39 is 0 Å². The zero-order valence-electron chi connectivity index (χ0n) is 12.5. The molecule has 5 aliphatic carbocycles. The Morgan fingerprint density at radius 2 is 1.90 bits per heavy atom. The number of hydrogen-bond donors (Lipinski definition) is 0. The molecule has 0 aliphatic heterocycles. The summed E-state index contributed by atoms with van der Waals surface area (Å²) in [5.41, 5.74) is 0.229. The Hall–Kier alpha value is -0.560. The van der Waals surface area contributed by atoms with Gasteiger partial charge in [-0.1, -0.05) is 15.9 Å². The first-order valence-electron chi connectivity index (χ1n) is 8.36. The van der Waals surface area contributed by atoms with Gasteiger partial charge in [-0.05, 0) is 68.6 Å². The molecule has 5 fully saturated rings. The molecule has 0 saturated heterocycles. The molecule has 4 heteroatoms. The number of hydrogen-bond acceptors (Lipinski definition) is 2. The molecule has 4 bridgehead atoms. The van der Waals surface area contributed by atoms with E-state index in [4.69, 9.17) is 5.26 Å². The summed E-state index contributed by atoms with van der Waals surface area (Å²) in [5, 5.41) is 8.98. The molecule has 0 radical (unpaired) electrons. The van der Waals surface area contributed by atoms with Crippen molar-refractivity contribution in [3.05, 3.63) is 0 Å². The van der Waals surface area contributed by atoms with E-state index in [-0.39, 0.29) is 17.9 Å². The summed E-state index contributed by atoms with van der Waals surface area (Å²) in [5.74, 6) is 1.89. The van der Waals surface area contributed by atoms with Crippen LogP contribution in [0.4, 0.5) is 0 Å². The minimum Gasteiger partial charge on any atom is -0.326 e. The first kappa shape index (κ1) is 14.1. The van der Waals surface area contributed by atoms with Crippen LogP contribution in [0.25, 0.3) is 0 Å². The van der Waals surface area contributed by atoms with Crippen molar-refractivity contribution < 1.29 is 4.79 Å². The van der Waals surface area contributed by atoms with E-state index >= 15 is 0 Å². The van der Waals surface area contributed by atoms with Crippen LogP contribution >= 0.6 is 15.9 Å². The van der Waals surface area contributed by atoms with Crippen LogP contribution in [0.3, 0.4) is 0 Å². The monoisotopic (exact) mass is 350 g/mol. The second-order valence-corrected chi connectivity index (χ2v) is 9.88. The SMILES string of the molecule is N#CCN(C(=O)CC12CC3CC(CC(Br)(C3)C1)C2)C1CC1. The molecule has 2 atom stereocenters. The fraction of sp³-hybridized carbons (Fsp3) is 0.882. The highest BCUT2D eigenvalue weighted by Gasteiger charge is 2.57. The minimum absolute atomic E-state index is 0.229. The molecule has 1 amide bonds. The summed E-state index contributed by atoms with van der Waals surface area (Å²) in [4.78, 5) is 14.6. The van der Waals surface area contributed by atoms with Gasteiger partial charge in [-0.2, -0.15) is 5.26 Å². The molecule has 0 N–H and O–H groups in total. The number of amides is 1. The normalized spacial score (nSPS) is 43.6. The first-order chi connectivity index (χ1) is 10.0. The van der Waals surface area contributed by atoms with E-state index in [0.29, 0.717) is 16.8 Å². The number of halogens is 1. The van der Waals surface area contributed by atoms with E-state index in [1.54, 1.807) is 0 Å². The predicted molar refractivity (Wildman–Crippen MR) is 83.7 cm³/mol. The van der Waals surface area contributed by atoms with Crippen LogP contribution in [-0.4, -0.2) is 27.7 Å². The number of nitriles is 1. The summed E-state index contributed by atoms with van der Waals surface area (Å²) in [6, 6.07) is 2.55. The topological polar surface area (TPSA) is 44.1 Å². The van der Waals surface area contributed by atoms with Crippen molar-refractivity contribution in [1.82, 2.24) is 4.90 Å². The Balaban J connectivity index is 1.51. The second-order valence-electron chi connectivity index (χ2n) is 8.20. The van der Waals surface area contributed by atoms with E-state index in [0.717, 1.165) is 24.7 Å². The van der Waals surface area contributed by atoms with Gasteiger partial charge >= 0.3 is 0 Å². The van der Waals surface area contributed by atoms with Crippen LogP contribution in [0.2, 0.25) is 0 Å². The van der Waals surface area contributed by atoms with Crippen molar-refractivity contribution in [3.8, 4) is 6.07 Å². The van der Waals surface area contributed by atoms with E-state index in [2.05, 4.69) is 22.0 Å². The van der Waals surface area contributed by atoms with Crippen LogP contribution in [0, 0.1) is 28.6 Å². The lowest BCUT2D eigenvalue weighted by Gasteiger charge is -2.60. The van der Waals surface area contributed by atoms with Crippen molar-refractivity contribution in [2.45, 2.75) is 68.2 Å². The highest BCUT2D eigenvalue weighted by Crippen LogP contribution is 2.65. The maximum atomic E-state index is 12.8. The van der Waals surface area contributed by atoms with Gasteiger partial charge in [-0.15, -0.1) is 0 Å². The van der Waals surface area contributed by atoms with Crippen molar-refractivity contribution in [2.24, 2.45) is 17.3 Å². The molecule has 0 heterocycles. The smallest absolute Gasteiger partial charge is 0.224 e. The molecule has 5 aliphatic rings. The Morgan fingerprint density at radius 1 is 1.24 bits per heavy atom. The summed E-state index contributed by atoms with van der Waals surface area (Å²) >= 11 is 4.01. The van der Waals surface area contributed by atoms with Crippen molar-refractivity contribution >= 4 is 21.8 Å². The summed E-state index contributed by atoms with van der Waals surface area (Å²) < 4.78 is 0.316. The Labute approximate surface area is 135 Å². The van der Waals surface area contributed by atoms with Crippen LogP contribution < -0.4 is 0 Å². The number of alkyl halides is 1. The predicted octanol–water partition coefficient (Wildman–Crippen LogP) is 3.62. The van der Waals surface area contributed by atoms with Crippen LogP contribution in [0.1, 0.15) is 57.8 Å². The average Bonchev–Trinajstić information content (AvgIpc) is 3.15. The van der Waals surface area contributed by atoms with Gasteiger partial charge in [-0.25, -0.2) is 0 Å². The van der Waals surface area contributed by atoms with Gasteiger partial charge in [0.1, 0.15) is 6.54 Å². The fourth-order valence-corrected chi connectivity index (χ4v) is 7.36. The van der Waals surface area contributed by atoms with Gasteiger partial charge in [-0.3, -0.25) is 4.79 Å². The molecule has 0 aromatic rings. The molecule has 3 nitrogen and oxygen atoms in total. The summed E-state index contributed by atoms with van der Waals surface area (Å²) in [7, 11) is 0. The molecule has 0 aromatic carbocycles. The third-order valence-corrected chi connectivity index (χ3v) is 7.11. The van der Waals surface area contributed by atoms with Gasteiger partial charge in [0.05, 0.1) is 6.07 Å². The molecular weight excluding hydrogens is 328 g/mol. The lowest BCUT2D eigenvalue weighted by Crippen LogP contribution is -2.54. The van der Waals surface area contributed by atoms with E-state index in [1.807, 2.05) is 4.90 Å². The Kier molecular flexibility index (Phi) is 3.16. The Morgan fingerprint density at radius 3 is 2.43 bits per heavy atom. The summed E-state index contributed by atoms with van der Waals surface area (Å²) in [6.07, 6.45) is 10.5. The molecule has 0 aromatic heterocycles. The molecule has 0 spiro atoms. The van der Waals surface area contributed by atoms with Crippen LogP contribution in [-0.2, 0) is 4.79 Å². The zero-order valence-corrected chi connectivity index (χ0v) is 14.1. The van der Waals surface area contributed by atoms with Crippen LogP contribution in [0.15, 0.2) is 0 Å². The number of nitrogens with zero attached hydrogens (tertiary/aromatic N) is 2. The van der Waals surface area contributed by atoms with Crippen molar-refractivity contribution in [1.29, 1.82) is 5.26 Å². The molecular formula is C17H23BrN2O. The Bertz CT molecular complexity index is 493. The first-order valence-corrected chi connectivity index (χ1v) is 9.16. The third kappa shape index (κ3) is 2.52. The number of carbonyl (C=O) groups is 1. The number of carbonyl (C=O) groups excluding carboxylic acids is 1. The highest BCUT2D eigenvalue weighted by atomic mass is 79.9. The molecule has 21 heavy (non-hydrogen) atoms. The molecule has 5 rings (SSSR count). The lowest BCUT2D eigenvalue weighted by atomic mass is 9.48. The van der Waals surface area contributed by atoms with Gasteiger partial charge in [0, 0.05) is 16.8 Å². The molecule has 2 unspecified atom stereocenters. The van der Waals surface area contributed by atoms with Gasteiger partial charge in [0.2, 0.25) is 5.91 Å². The fourth-order valence-electron chi connectivity index (χ4n) is 5.85. The second kappa shape index (κ2) is 4.72. The standard InChI is InChI=1S/C17H23BrN2O/c18-17-8-12-5-13(9-17)7-16(6-12,11-17)10-15(21)20(4-3-19)14-1-2-14/h12-14H,1-2,4-11H2. The van der Waals surface area contributed by atoms with Gasteiger partial charge in [0.15, 0.2) is 0 Å². The highest BCUT2D eigenvalue weighted by molar-refractivity contribution is 9.10. The zero-order chi connectivity index (χ0) is 14.7. The maximum Gasteiger partial charge on any atom is 0.224 e. The lowest BCUT2D eigenvalue weighted by molar-refractivity contribution is -0.138. The van der Waals surface area contributed by atoms with Gasteiger partial charge < -0.3 is 4.90 Å².